The van der Waals surface area contributed by atoms with Crippen molar-refractivity contribution in [1.82, 2.24) is 5.32 Å². The van der Waals surface area contributed by atoms with E-state index < -0.39 is 10.8 Å². The molecule has 0 aromatic carbocycles. The first-order valence-electron chi connectivity index (χ1n) is 6.85. The summed E-state index contributed by atoms with van der Waals surface area (Å²) in [6.45, 7) is 4.94. The Hall–Kier alpha value is 0.0700. The monoisotopic (exact) mass is 261 g/mol. The molecule has 1 rings (SSSR count). The third-order valence-electron chi connectivity index (χ3n) is 3.64. The highest BCUT2D eigenvalue weighted by Gasteiger charge is 2.30. The molecular formula is C13H27NO2S. The molecule has 1 aliphatic carbocycles. The van der Waals surface area contributed by atoms with E-state index in [-0.39, 0.29) is 0 Å². The van der Waals surface area contributed by atoms with Crippen LogP contribution < -0.4 is 5.32 Å². The first-order chi connectivity index (χ1) is 8.22. The van der Waals surface area contributed by atoms with E-state index >= 15 is 0 Å². The Morgan fingerprint density at radius 1 is 1.35 bits per heavy atom. The van der Waals surface area contributed by atoms with E-state index in [4.69, 9.17) is 4.74 Å². The second-order valence-electron chi connectivity index (χ2n) is 4.83. The standard InChI is InChI=1S/C13H27NO2S/c1-4-11(10-16-3)14-12-8-6-7-9-13(12)17(15)5-2/h11-14H,4-10H2,1-3H3/t11-,12-,13+,17+/m1/s1. The highest BCUT2D eigenvalue weighted by molar-refractivity contribution is 7.85. The van der Waals surface area contributed by atoms with Gasteiger partial charge in [-0.15, -0.1) is 0 Å². The van der Waals surface area contributed by atoms with Crippen molar-refractivity contribution in [1.29, 1.82) is 0 Å². The Balaban J connectivity index is 2.54. The van der Waals surface area contributed by atoms with Crippen LogP contribution in [0.4, 0.5) is 0 Å². The molecule has 1 aliphatic rings. The van der Waals surface area contributed by atoms with Crippen molar-refractivity contribution >= 4 is 10.8 Å². The van der Waals surface area contributed by atoms with Gasteiger partial charge in [-0.25, -0.2) is 0 Å². The van der Waals surface area contributed by atoms with Crippen LogP contribution in [-0.4, -0.2) is 41.0 Å². The molecule has 0 aromatic heterocycles. The van der Waals surface area contributed by atoms with E-state index in [2.05, 4.69) is 12.2 Å². The molecule has 0 spiro atoms. The third kappa shape index (κ3) is 4.68. The van der Waals surface area contributed by atoms with Gasteiger partial charge in [-0.3, -0.25) is 4.21 Å². The molecule has 0 aromatic rings. The van der Waals surface area contributed by atoms with Crippen molar-refractivity contribution in [3.63, 3.8) is 0 Å². The van der Waals surface area contributed by atoms with E-state index in [0.29, 0.717) is 17.3 Å². The molecule has 0 saturated heterocycles. The van der Waals surface area contributed by atoms with Gasteiger partial charge in [0.1, 0.15) is 0 Å². The fraction of sp³-hybridized carbons (Fsp3) is 1.00. The van der Waals surface area contributed by atoms with Crippen LogP contribution in [0.2, 0.25) is 0 Å². The van der Waals surface area contributed by atoms with E-state index in [1.54, 1.807) is 7.11 Å². The maximum Gasteiger partial charge on any atom is 0.0615 e. The molecule has 1 N–H and O–H groups in total. The van der Waals surface area contributed by atoms with Crippen molar-refractivity contribution < 1.29 is 8.95 Å². The number of methoxy groups -OCH3 is 1. The normalized spacial score (nSPS) is 28.9. The van der Waals surface area contributed by atoms with Gasteiger partial charge in [-0.2, -0.15) is 0 Å². The van der Waals surface area contributed by atoms with E-state index in [0.717, 1.165) is 31.6 Å². The Bertz CT molecular complexity index is 235. The zero-order chi connectivity index (χ0) is 12.7. The van der Waals surface area contributed by atoms with Crippen LogP contribution >= 0.6 is 0 Å². The summed E-state index contributed by atoms with van der Waals surface area (Å²) < 4.78 is 17.3. The molecular weight excluding hydrogens is 234 g/mol. The van der Waals surface area contributed by atoms with Crippen molar-refractivity contribution in [2.24, 2.45) is 0 Å². The largest absolute Gasteiger partial charge is 0.383 e. The smallest absolute Gasteiger partial charge is 0.0615 e. The predicted molar refractivity (Wildman–Crippen MR) is 73.8 cm³/mol. The van der Waals surface area contributed by atoms with Crippen LogP contribution in [-0.2, 0) is 15.5 Å². The first kappa shape index (κ1) is 15.1. The quantitative estimate of drug-likeness (QED) is 0.762. The van der Waals surface area contributed by atoms with Gasteiger partial charge in [0, 0.05) is 35.7 Å². The summed E-state index contributed by atoms with van der Waals surface area (Å²) in [5.74, 6) is 0.782. The van der Waals surface area contributed by atoms with Crippen molar-refractivity contribution in [2.75, 3.05) is 19.5 Å². The van der Waals surface area contributed by atoms with Gasteiger partial charge in [-0.05, 0) is 19.3 Å². The Labute approximate surface area is 108 Å². The average molecular weight is 261 g/mol. The van der Waals surface area contributed by atoms with Crippen molar-refractivity contribution in [2.45, 2.75) is 63.3 Å². The topological polar surface area (TPSA) is 38.3 Å². The van der Waals surface area contributed by atoms with Crippen molar-refractivity contribution in [3.05, 3.63) is 0 Å². The van der Waals surface area contributed by atoms with Crippen LogP contribution in [0.15, 0.2) is 0 Å². The third-order valence-corrected chi connectivity index (χ3v) is 5.44. The van der Waals surface area contributed by atoms with E-state index in [1.165, 1.54) is 12.8 Å². The maximum atomic E-state index is 12.0. The molecule has 4 heteroatoms. The molecule has 1 fully saturated rings. The van der Waals surface area contributed by atoms with Crippen LogP contribution in [0.3, 0.4) is 0 Å². The minimum Gasteiger partial charge on any atom is -0.383 e. The van der Waals surface area contributed by atoms with Crippen molar-refractivity contribution in [3.8, 4) is 0 Å². The van der Waals surface area contributed by atoms with Gasteiger partial charge < -0.3 is 10.1 Å². The summed E-state index contributed by atoms with van der Waals surface area (Å²) >= 11 is 0. The molecule has 0 unspecified atom stereocenters. The molecule has 1 saturated carbocycles. The molecule has 102 valence electrons. The minimum absolute atomic E-state index is 0.347. The van der Waals surface area contributed by atoms with E-state index in [9.17, 15) is 4.21 Å². The summed E-state index contributed by atoms with van der Waals surface area (Å²) in [6, 6.07) is 0.823. The molecule has 0 amide bonds. The number of hydrogen-bond acceptors (Lipinski definition) is 3. The van der Waals surface area contributed by atoms with Gasteiger partial charge in [0.15, 0.2) is 0 Å². The first-order valence-corrected chi connectivity index (χ1v) is 8.23. The zero-order valence-corrected chi connectivity index (χ0v) is 12.2. The number of hydrogen-bond donors (Lipinski definition) is 1. The summed E-state index contributed by atoms with van der Waals surface area (Å²) in [5.41, 5.74) is 0. The van der Waals surface area contributed by atoms with Gasteiger partial charge >= 0.3 is 0 Å². The molecule has 0 heterocycles. The summed E-state index contributed by atoms with van der Waals surface area (Å²) in [7, 11) is 1.07. The SMILES string of the molecule is CC[C@H](COC)N[C@@H]1CCCC[C@@H]1[S@@](=O)CC. The fourth-order valence-electron chi connectivity index (χ4n) is 2.60. The lowest BCUT2D eigenvalue weighted by molar-refractivity contribution is 0.154. The lowest BCUT2D eigenvalue weighted by atomic mass is 9.94. The van der Waals surface area contributed by atoms with E-state index in [1.807, 2.05) is 6.92 Å². The van der Waals surface area contributed by atoms with Gasteiger partial charge in [0.05, 0.1) is 11.9 Å². The zero-order valence-electron chi connectivity index (χ0n) is 11.4. The summed E-state index contributed by atoms with van der Waals surface area (Å²) in [6.07, 6.45) is 5.84. The van der Waals surface area contributed by atoms with Crippen LogP contribution in [0.25, 0.3) is 0 Å². The molecule has 3 nitrogen and oxygen atoms in total. The second-order valence-corrected chi connectivity index (χ2v) is 6.77. The Kier molecular flexibility index (Phi) is 7.32. The number of ether oxygens (including phenoxy) is 1. The highest BCUT2D eigenvalue weighted by Crippen LogP contribution is 2.23. The van der Waals surface area contributed by atoms with Gasteiger partial charge in [0.2, 0.25) is 0 Å². The van der Waals surface area contributed by atoms with Crippen LogP contribution in [0, 0.1) is 0 Å². The molecule has 0 radical (unpaired) electrons. The Morgan fingerprint density at radius 3 is 2.65 bits per heavy atom. The average Bonchev–Trinajstić information content (AvgIpc) is 2.38. The maximum absolute atomic E-state index is 12.0. The van der Waals surface area contributed by atoms with Gasteiger partial charge in [0.25, 0.3) is 0 Å². The predicted octanol–water partition coefficient (Wildman–Crippen LogP) is 2.08. The molecule has 0 bridgehead atoms. The second kappa shape index (κ2) is 8.22. The summed E-state index contributed by atoms with van der Waals surface area (Å²) in [4.78, 5) is 0. The van der Waals surface area contributed by atoms with Crippen LogP contribution in [0.1, 0.15) is 46.0 Å². The number of rotatable bonds is 7. The molecule has 0 aliphatic heterocycles. The minimum atomic E-state index is -0.669. The van der Waals surface area contributed by atoms with Crippen LogP contribution in [0.5, 0.6) is 0 Å². The highest BCUT2D eigenvalue weighted by atomic mass is 32.2. The molecule has 17 heavy (non-hydrogen) atoms. The number of nitrogens with one attached hydrogen (secondary N) is 1. The molecule has 4 atom stereocenters. The van der Waals surface area contributed by atoms with Gasteiger partial charge in [-0.1, -0.05) is 26.7 Å². The fourth-order valence-corrected chi connectivity index (χ4v) is 4.04. The summed E-state index contributed by atoms with van der Waals surface area (Å²) in [5, 5.41) is 4.00. The lowest BCUT2D eigenvalue weighted by Gasteiger charge is -2.34. The Morgan fingerprint density at radius 2 is 2.06 bits per heavy atom. The lowest BCUT2D eigenvalue weighted by Crippen LogP contribution is -2.50.